The van der Waals surface area contributed by atoms with Crippen molar-refractivity contribution < 1.29 is 4.79 Å². The van der Waals surface area contributed by atoms with Gasteiger partial charge in [-0.15, -0.1) is 0 Å². The molecule has 88 valence electrons. The molecule has 0 unspecified atom stereocenters. The number of aromatic nitrogens is 4. The number of nitrogens with zero attached hydrogens (tertiary/aromatic N) is 3. The van der Waals surface area contributed by atoms with Crippen molar-refractivity contribution in [1.29, 1.82) is 0 Å². The molecule has 7 heteroatoms. The predicted molar refractivity (Wildman–Crippen MR) is 62.7 cm³/mol. The normalized spacial score (nSPS) is 9.94. The summed E-state index contributed by atoms with van der Waals surface area (Å²) in [5.41, 5.74) is 0.236. The minimum absolute atomic E-state index is 0.236. The topological polar surface area (TPSA) is 95.6 Å². The van der Waals surface area contributed by atoms with Crippen molar-refractivity contribution in [2.24, 2.45) is 0 Å². The molecule has 2 heterocycles. The molecule has 0 saturated carbocycles. The van der Waals surface area contributed by atoms with Crippen molar-refractivity contribution in [3.05, 3.63) is 30.5 Å². The molecule has 0 aromatic carbocycles. The van der Waals surface area contributed by atoms with Gasteiger partial charge in [0.05, 0.1) is 12.4 Å². The van der Waals surface area contributed by atoms with Crippen molar-refractivity contribution >= 4 is 17.7 Å². The third-order valence-electron chi connectivity index (χ3n) is 1.96. The zero-order valence-corrected chi connectivity index (χ0v) is 9.27. The summed E-state index contributed by atoms with van der Waals surface area (Å²) in [4.78, 5) is 26.5. The number of hydrogen-bond donors (Lipinski definition) is 3. The van der Waals surface area contributed by atoms with Gasteiger partial charge in [-0.3, -0.25) is 15.1 Å². The summed E-state index contributed by atoms with van der Waals surface area (Å²) in [6, 6.07) is 0. The number of aromatic amines is 1. The highest BCUT2D eigenvalue weighted by atomic mass is 16.2. The Bertz CT molecular complexity index is 495. The van der Waals surface area contributed by atoms with E-state index in [4.69, 9.17) is 0 Å². The summed E-state index contributed by atoms with van der Waals surface area (Å²) in [5, 5.41) is 5.56. The zero-order chi connectivity index (χ0) is 12.1. The number of imidazole rings is 1. The van der Waals surface area contributed by atoms with E-state index in [-0.39, 0.29) is 11.6 Å². The van der Waals surface area contributed by atoms with Crippen molar-refractivity contribution in [3.63, 3.8) is 0 Å². The van der Waals surface area contributed by atoms with Gasteiger partial charge in [-0.2, -0.15) is 0 Å². The third-order valence-corrected chi connectivity index (χ3v) is 1.96. The number of anilines is 2. The molecule has 2 aromatic rings. The van der Waals surface area contributed by atoms with E-state index in [2.05, 4.69) is 30.6 Å². The molecule has 0 fully saturated rings. The molecule has 17 heavy (non-hydrogen) atoms. The maximum atomic E-state index is 11.8. The smallest absolute Gasteiger partial charge is 0.278 e. The van der Waals surface area contributed by atoms with Crippen molar-refractivity contribution in [3.8, 4) is 0 Å². The third kappa shape index (κ3) is 2.77. The van der Waals surface area contributed by atoms with E-state index in [1.807, 2.05) is 6.92 Å². The van der Waals surface area contributed by atoms with Crippen LogP contribution in [0.3, 0.4) is 0 Å². The lowest BCUT2D eigenvalue weighted by Gasteiger charge is -2.04. The zero-order valence-electron chi connectivity index (χ0n) is 9.27. The monoisotopic (exact) mass is 232 g/mol. The predicted octanol–water partition coefficient (Wildman–Crippen LogP) is 0.884. The molecule has 0 bridgehead atoms. The van der Waals surface area contributed by atoms with E-state index in [0.29, 0.717) is 11.8 Å². The van der Waals surface area contributed by atoms with Gasteiger partial charge in [0, 0.05) is 18.9 Å². The standard InChI is InChI=1S/C10H12N6O/c1-2-12-8-6-11-5-7(15-8)9(17)16-10-13-3-4-14-10/h3-6H,2H2,1H3,(H,12,15)(H2,13,14,16,17). The minimum Gasteiger partial charge on any atom is -0.369 e. The van der Waals surface area contributed by atoms with Gasteiger partial charge < -0.3 is 10.3 Å². The van der Waals surface area contributed by atoms with Crippen LogP contribution < -0.4 is 10.6 Å². The molecule has 0 aliphatic heterocycles. The molecule has 1 amide bonds. The highest BCUT2D eigenvalue weighted by molar-refractivity contribution is 6.01. The Labute approximate surface area is 97.7 Å². The Kier molecular flexibility index (Phi) is 3.29. The van der Waals surface area contributed by atoms with Gasteiger partial charge in [-0.1, -0.05) is 0 Å². The average molecular weight is 232 g/mol. The number of hydrogen-bond acceptors (Lipinski definition) is 5. The van der Waals surface area contributed by atoms with Crippen LogP contribution in [0.1, 0.15) is 17.4 Å². The molecule has 0 atom stereocenters. The minimum atomic E-state index is -0.354. The fraction of sp³-hybridized carbons (Fsp3) is 0.200. The summed E-state index contributed by atoms with van der Waals surface area (Å²) in [6.07, 6.45) is 6.14. The molecule has 3 N–H and O–H groups in total. The molecule has 2 aromatic heterocycles. The number of carbonyl (C=O) groups excluding carboxylic acids is 1. The second kappa shape index (κ2) is 5.06. The van der Waals surface area contributed by atoms with E-state index in [1.54, 1.807) is 18.6 Å². The molecule has 2 rings (SSSR count). The Morgan fingerprint density at radius 2 is 2.35 bits per heavy atom. The van der Waals surface area contributed by atoms with E-state index < -0.39 is 0 Å². The van der Waals surface area contributed by atoms with Crippen LogP contribution in [0.15, 0.2) is 24.8 Å². The highest BCUT2D eigenvalue weighted by Crippen LogP contribution is 2.04. The van der Waals surface area contributed by atoms with Gasteiger partial charge >= 0.3 is 0 Å². The lowest BCUT2D eigenvalue weighted by atomic mass is 10.4. The Morgan fingerprint density at radius 3 is 3.06 bits per heavy atom. The largest absolute Gasteiger partial charge is 0.369 e. The molecular formula is C10H12N6O. The van der Waals surface area contributed by atoms with Gasteiger partial charge in [0.15, 0.2) is 0 Å². The fourth-order valence-electron chi connectivity index (χ4n) is 1.25. The van der Waals surface area contributed by atoms with Crippen LogP contribution in [0.25, 0.3) is 0 Å². The van der Waals surface area contributed by atoms with Crippen molar-refractivity contribution in [2.45, 2.75) is 6.92 Å². The van der Waals surface area contributed by atoms with Crippen LogP contribution in [-0.2, 0) is 0 Å². The number of carbonyl (C=O) groups is 1. The highest BCUT2D eigenvalue weighted by Gasteiger charge is 2.09. The van der Waals surface area contributed by atoms with Crippen LogP contribution in [-0.4, -0.2) is 32.4 Å². The molecule has 0 saturated heterocycles. The summed E-state index contributed by atoms with van der Waals surface area (Å²) in [6.45, 7) is 2.66. The van der Waals surface area contributed by atoms with Gasteiger partial charge in [0.25, 0.3) is 5.91 Å². The molecule has 7 nitrogen and oxygen atoms in total. The Balaban J connectivity index is 2.11. The van der Waals surface area contributed by atoms with Crippen molar-refractivity contribution in [2.75, 3.05) is 17.2 Å². The first-order valence-corrected chi connectivity index (χ1v) is 5.16. The second-order valence-corrected chi connectivity index (χ2v) is 3.21. The maximum absolute atomic E-state index is 11.8. The first-order valence-electron chi connectivity index (χ1n) is 5.16. The van der Waals surface area contributed by atoms with E-state index in [1.165, 1.54) is 6.20 Å². The van der Waals surface area contributed by atoms with Gasteiger partial charge in [-0.05, 0) is 6.92 Å². The first kappa shape index (κ1) is 11.1. The van der Waals surface area contributed by atoms with Gasteiger partial charge in [-0.25, -0.2) is 9.97 Å². The van der Waals surface area contributed by atoms with Crippen molar-refractivity contribution in [1.82, 2.24) is 19.9 Å². The number of nitrogens with one attached hydrogen (secondary N) is 3. The van der Waals surface area contributed by atoms with Crippen LogP contribution in [0, 0.1) is 0 Å². The van der Waals surface area contributed by atoms with Crippen LogP contribution >= 0.6 is 0 Å². The molecule has 0 aliphatic rings. The lowest BCUT2D eigenvalue weighted by Crippen LogP contribution is -2.16. The second-order valence-electron chi connectivity index (χ2n) is 3.21. The number of amides is 1. The summed E-state index contributed by atoms with van der Waals surface area (Å²) < 4.78 is 0. The summed E-state index contributed by atoms with van der Waals surface area (Å²) >= 11 is 0. The van der Waals surface area contributed by atoms with E-state index in [0.717, 1.165) is 6.54 Å². The fourth-order valence-corrected chi connectivity index (χ4v) is 1.25. The van der Waals surface area contributed by atoms with Crippen LogP contribution in [0.5, 0.6) is 0 Å². The summed E-state index contributed by atoms with van der Waals surface area (Å²) in [7, 11) is 0. The Morgan fingerprint density at radius 1 is 1.47 bits per heavy atom. The SMILES string of the molecule is CCNc1cncc(C(=O)Nc2ncc[nH]2)n1. The molecule has 0 aliphatic carbocycles. The average Bonchev–Trinajstić information content (AvgIpc) is 2.83. The maximum Gasteiger partial charge on any atom is 0.278 e. The van der Waals surface area contributed by atoms with Crippen LogP contribution in [0.2, 0.25) is 0 Å². The van der Waals surface area contributed by atoms with Gasteiger partial charge in [0.1, 0.15) is 11.5 Å². The molecule has 0 spiro atoms. The summed E-state index contributed by atoms with van der Waals surface area (Å²) in [5.74, 6) is 0.595. The number of rotatable bonds is 4. The molecular weight excluding hydrogens is 220 g/mol. The van der Waals surface area contributed by atoms with E-state index >= 15 is 0 Å². The number of H-pyrrole nitrogens is 1. The van der Waals surface area contributed by atoms with E-state index in [9.17, 15) is 4.79 Å². The lowest BCUT2D eigenvalue weighted by molar-refractivity contribution is 0.102. The quantitative estimate of drug-likeness (QED) is 0.727. The Hall–Kier alpha value is -2.44. The molecule has 0 radical (unpaired) electrons. The van der Waals surface area contributed by atoms with Crippen LogP contribution in [0.4, 0.5) is 11.8 Å². The first-order chi connectivity index (χ1) is 8.29. The van der Waals surface area contributed by atoms with Gasteiger partial charge in [0.2, 0.25) is 5.95 Å².